The summed E-state index contributed by atoms with van der Waals surface area (Å²) < 4.78 is 1.99. The first-order chi connectivity index (χ1) is 9.43. The molecule has 0 radical (unpaired) electrons. The smallest absolute Gasteiger partial charge is 0.0534 e. The van der Waals surface area contributed by atoms with E-state index in [4.69, 9.17) is 0 Å². The molecule has 0 aliphatic heterocycles. The molecule has 1 atom stereocenters. The highest BCUT2D eigenvalue weighted by Crippen LogP contribution is 2.37. The Labute approximate surface area is 118 Å². The van der Waals surface area contributed by atoms with Crippen molar-refractivity contribution in [1.82, 2.24) is 15.1 Å². The molecule has 0 amide bonds. The average Bonchev–Trinajstić information content (AvgIpc) is 3.15. The molecule has 1 saturated carbocycles. The molecule has 3 rings (SSSR count). The molecule has 102 valence electrons. The van der Waals surface area contributed by atoms with Crippen LogP contribution in [0.5, 0.6) is 0 Å². The molecule has 4 heteroatoms. The Morgan fingerprint density at radius 1 is 1.37 bits per heavy atom. The normalized spacial score (nSPS) is 17.9. The highest BCUT2D eigenvalue weighted by atomic mass is 32.1. The van der Waals surface area contributed by atoms with Crippen molar-refractivity contribution in [2.75, 3.05) is 6.54 Å². The minimum atomic E-state index is 0.540. The van der Waals surface area contributed by atoms with Gasteiger partial charge in [0, 0.05) is 29.9 Å². The molecular formula is C15H21N3S. The van der Waals surface area contributed by atoms with Crippen LogP contribution in [-0.4, -0.2) is 16.3 Å². The zero-order valence-corrected chi connectivity index (χ0v) is 12.0. The largest absolute Gasteiger partial charge is 0.307 e. The summed E-state index contributed by atoms with van der Waals surface area (Å²) in [6.07, 6.45) is 9.40. The first kappa shape index (κ1) is 12.9. The highest BCUT2D eigenvalue weighted by Gasteiger charge is 2.26. The maximum Gasteiger partial charge on any atom is 0.0534 e. The summed E-state index contributed by atoms with van der Waals surface area (Å²) in [5.41, 5.74) is 0. The van der Waals surface area contributed by atoms with Crippen LogP contribution < -0.4 is 5.32 Å². The van der Waals surface area contributed by atoms with Gasteiger partial charge >= 0.3 is 0 Å². The fourth-order valence-electron chi connectivity index (χ4n) is 3.03. The van der Waals surface area contributed by atoms with E-state index in [1.165, 1.54) is 30.6 Å². The number of hydrogen-bond donors (Lipinski definition) is 1. The van der Waals surface area contributed by atoms with Crippen molar-refractivity contribution in [2.24, 2.45) is 5.92 Å². The van der Waals surface area contributed by atoms with E-state index in [0.717, 1.165) is 19.0 Å². The molecule has 1 aliphatic carbocycles. The lowest BCUT2D eigenvalue weighted by molar-refractivity contribution is 0.363. The minimum absolute atomic E-state index is 0.540. The van der Waals surface area contributed by atoms with Gasteiger partial charge in [-0.05, 0) is 36.3 Å². The SMILES string of the molecule is c1csc(C(NCCn2cccn2)C2CCCC2)c1. The van der Waals surface area contributed by atoms with Crippen LogP contribution in [0.4, 0.5) is 0 Å². The monoisotopic (exact) mass is 275 g/mol. The van der Waals surface area contributed by atoms with Crippen LogP contribution in [0.1, 0.15) is 36.6 Å². The third-order valence-corrected chi connectivity index (χ3v) is 4.94. The predicted octanol–water partition coefficient (Wildman–Crippen LogP) is 3.47. The van der Waals surface area contributed by atoms with Crippen LogP contribution in [0.25, 0.3) is 0 Å². The van der Waals surface area contributed by atoms with Crippen molar-refractivity contribution in [3.8, 4) is 0 Å². The Morgan fingerprint density at radius 3 is 2.95 bits per heavy atom. The zero-order valence-electron chi connectivity index (χ0n) is 11.2. The third kappa shape index (κ3) is 3.25. The topological polar surface area (TPSA) is 29.9 Å². The molecule has 0 spiro atoms. The molecule has 2 aromatic heterocycles. The first-order valence-electron chi connectivity index (χ1n) is 7.18. The number of thiophene rings is 1. The van der Waals surface area contributed by atoms with Gasteiger partial charge in [0.2, 0.25) is 0 Å². The van der Waals surface area contributed by atoms with Gasteiger partial charge in [0.05, 0.1) is 6.54 Å². The van der Waals surface area contributed by atoms with Crippen molar-refractivity contribution < 1.29 is 0 Å². The summed E-state index contributed by atoms with van der Waals surface area (Å²) in [5.74, 6) is 0.816. The van der Waals surface area contributed by atoms with Crippen molar-refractivity contribution in [2.45, 2.75) is 38.3 Å². The van der Waals surface area contributed by atoms with E-state index in [1.54, 1.807) is 0 Å². The minimum Gasteiger partial charge on any atom is -0.307 e. The van der Waals surface area contributed by atoms with E-state index in [1.807, 2.05) is 34.5 Å². The molecule has 0 saturated heterocycles. The van der Waals surface area contributed by atoms with Gasteiger partial charge in [-0.1, -0.05) is 18.9 Å². The highest BCUT2D eigenvalue weighted by molar-refractivity contribution is 7.10. The van der Waals surface area contributed by atoms with Gasteiger partial charge in [-0.2, -0.15) is 5.10 Å². The molecule has 1 fully saturated rings. The third-order valence-electron chi connectivity index (χ3n) is 3.99. The molecular weight excluding hydrogens is 254 g/mol. The van der Waals surface area contributed by atoms with Gasteiger partial charge in [0.15, 0.2) is 0 Å². The molecule has 1 N–H and O–H groups in total. The quantitative estimate of drug-likeness (QED) is 0.875. The number of rotatable bonds is 6. The van der Waals surface area contributed by atoms with Crippen LogP contribution in [0, 0.1) is 5.92 Å². The Balaban J connectivity index is 1.59. The Morgan fingerprint density at radius 2 is 2.26 bits per heavy atom. The lowest BCUT2D eigenvalue weighted by Crippen LogP contribution is -2.29. The Kier molecular flexibility index (Phi) is 4.30. The van der Waals surface area contributed by atoms with E-state index in [0.29, 0.717) is 6.04 Å². The summed E-state index contributed by atoms with van der Waals surface area (Å²) in [6, 6.07) is 6.96. The standard InChI is InChI=1S/C15H21N3S/c1-2-6-13(5-1)15(14-7-3-12-19-14)16-9-11-18-10-4-8-17-18/h3-4,7-8,10,12-13,15-16H,1-2,5-6,9,11H2. The van der Waals surface area contributed by atoms with Crippen LogP contribution in [0.15, 0.2) is 36.0 Å². The number of nitrogens with zero attached hydrogens (tertiary/aromatic N) is 2. The summed E-state index contributed by atoms with van der Waals surface area (Å²) in [4.78, 5) is 1.49. The van der Waals surface area contributed by atoms with Gasteiger partial charge in [0.25, 0.3) is 0 Å². The summed E-state index contributed by atoms with van der Waals surface area (Å²) >= 11 is 1.88. The molecule has 1 aliphatic rings. The van der Waals surface area contributed by atoms with E-state index >= 15 is 0 Å². The molecule has 1 unspecified atom stereocenters. The Bertz CT molecular complexity index is 458. The van der Waals surface area contributed by atoms with Crippen molar-refractivity contribution in [3.63, 3.8) is 0 Å². The molecule has 3 nitrogen and oxygen atoms in total. The zero-order chi connectivity index (χ0) is 12.9. The maximum absolute atomic E-state index is 4.25. The fraction of sp³-hybridized carbons (Fsp3) is 0.533. The van der Waals surface area contributed by atoms with E-state index in [9.17, 15) is 0 Å². The van der Waals surface area contributed by atoms with Crippen LogP contribution in [-0.2, 0) is 6.54 Å². The number of aromatic nitrogens is 2. The van der Waals surface area contributed by atoms with Gasteiger partial charge in [-0.3, -0.25) is 4.68 Å². The lowest BCUT2D eigenvalue weighted by atomic mass is 9.97. The first-order valence-corrected chi connectivity index (χ1v) is 8.05. The second-order valence-corrected chi connectivity index (χ2v) is 6.24. The molecule has 19 heavy (non-hydrogen) atoms. The Hall–Kier alpha value is -1.13. The lowest BCUT2D eigenvalue weighted by Gasteiger charge is -2.24. The van der Waals surface area contributed by atoms with Crippen molar-refractivity contribution in [3.05, 3.63) is 40.8 Å². The number of hydrogen-bond acceptors (Lipinski definition) is 3. The summed E-state index contributed by atoms with van der Waals surface area (Å²) in [5, 5.41) is 10.2. The second kappa shape index (κ2) is 6.35. The summed E-state index contributed by atoms with van der Waals surface area (Å²) in [6.45, 7) is 1.93. The van der Waals surface area contributed by atoms with Crippen molar-refractivity contribution >= 4 is 11.3 Å². The van der Waals surface area contributed by atoms with Gasteiger partial charge in [-0.15, -0.1) is 11.3 Å². The van der Waals surface area contributed by atoms with Gasteiger partial charge in [-0.25, -0.2) is 0 Å². The van der Waals surface area contributed by atoms with Crippen LogP contribution >= 0.6 is 11.3 Å². The van der Waals surface area contributed by atoms with Crippen molar-refractivity contribution in [1.29, 1.82) is 0 Å². The van der Waals surface area contributed by atoms with E-state index in [-0.39, 0.29) is 0 Å². The van der Waals surface area contributed by atoms with Gasteiger partial charge in [0.1, 0.15) is 0 Å². The van der Waals surface area contributed by atoms with E-state index < -0.39 is 0 Å². The van der Waals surface area contributed by atoms with Crippen LogP contribution in [0.3, 0.4) is 0 Å². The fourth-order valence-corrected chi connectivity index (χ4v) is 3.92. The average molecular weight is 275 g/mol. The van der Waals surface area contributed by atoms with Crippen LogP contribution in [0.2, 0.25) is 0 Å². The predicted molar refractivity (Wildman–Crippen MR) is 79.2 cm³/mol. The molecule has 2 aromatic rings. The number of nitrogens with one attached hydrogen (secondary N) is 1. The maximum atomic E-state index is 4.25. The van der Waals surface area contributed by atoms with E-state index in [2.05, 4.69) is 27.9 Å². The molecule has 2 heterocycles. The van der Waals surface area contributed by atoms with Gasteiger partial charge < -0.3 is 5.32 Å². The second-order valence-electron chi connectivity index (χ2n) is 5.26. The molecule has 0 bridgehead atoms. The summed E-state index contributed by atoms with van der Waals surface area (Å²) in [7, 11) is 0. The molecule has 0 aromatic carbocycles.